The molecule has 1 fully saturated rings. The van der Waals surface area contributed by atoms with Crippen molar-refractivity contribution in [3.05, 3.63) is 33.8 Å². The van der Waals surface area contributed by atoms with Gasteiger partial charge in [0, 0.05) is 23.1 Å². The number of halogens is 3. The number of amides is 1. The summed E-state index contributed by atoms with van der Waals surface area (Å²) in [7, 11) is 0. The van der Waals surface area contributed by atoms with Crippen molar-refractivity contribution in [3.63, 3.8) is 0 Å². The summed E-state index contributed by atoms with van der Waals surface area (Å²) in [5.74, 6) is -0.0529. The van der Waals surface area contributed by atoms with Crippen LogP contribution >= 0.6 is 35.6 Å². The number of hydrogen-bond acceptors (Lipinski definition) is 3. The molecular formula is C13H17Cl3N2O2. The molecule has 1 amide bonds. The molecule has 0 spiro atoms. The summed E-state index contributed by atoms with van der Waals surface area (Å²) in [6, 6.07) is 5.12. The molecule has 1 atom stereocenters. The van der Waals surface area contributed by atoms with Crippen molar-refractivity contribution < 1.29 is 9.53 Å². The Morgan fingerprint density at radius 3 is 2.70 bits per heavy atom. The van der Waals surface area contributed by atoms with E-state index < -0.39 is 0 Å². The minimum atomic E-state index is -0.268. The Bertz CT molecular complexity index is 431. The third-order valence-electron chi connectivity index (χ3n) is 2.97. The third-order valence-corrected chi connectivity index (χ3v) is 3.68. The fraction of sp³-hybridized carbons (Fsp3) is 0.462. The van der Waals surface area contributed by atoms with Crippen LogP contribution in [0.3, 0.4) is 0 Å². The van der Waals surface area contributed by atoms with Gasteiger partial charge in [-0.2, -0.15) is 0 Å². The number of carbonyl (C=O) groups excluding carboxylic acids is 1. The summed E-state index contributed by atoms with van der Waals surface area (Å²) in [5.41, 5.74) is 0.860. The highest BCUT2D eigenvalue weighted by Crippen LogP contribution is 2.24. The van der Waals surface area contributed by atoms with E-state index in [2.05, 4.69) is 10.6 Å². The summed E-state index contributed by atoms with van der Waals surface area (Å²) in [5, 5.41) is 7.21. The van der Waals surface area contributed by atoms with Crippen LogP contribution in [0.25, 0.3) is 0 Å². The first-order valence-electron chi connectivity index (χ1n) is 6.20. The number of hydrogen-bond donors (Lipinski definition) is 2. The van der Waals surface area contributed by atoms with Crippen molar-refractivity contribution in [3.8, 4) is 0 Å². The molecule has 1 aliphatic rings. The summed E-state index contributed by atoms with van der Waals surface area (Å²) in [6.45, 7) is 2.27. The number of morpholine rings is 1. The molecule has 1 aliphatic heterocycles. The second kappa shape index (κ2) is 8.70. The number of benzene rings is 1. The topological polar surface area (TPSA) is 50.4 Å². The Morgan fingerprint density at radius 2 is 2.10 bits per heavy atom. The quantitative estimate of drug-likeness (QED) is 0.883. The summed E-state index contributed by atoms with van der Waals surface area (Å²) >= 11 is 12.1. The number of ether oxygens (including phenoxy) is 1. The van der Waals surface area contributed by atoms with Crippen LogP contribution in [0.4, 0.5) is 0 Å². The second-order valence-corrected chi connectivity index (χ2v) is 5.14. The smallest absolute Gasteiger partial charge is 0.239 e. The van der Waals surface area contributed by atoms with E-state index in [-0.39, 0.29) is 24.4 Å². The van der Waals surface area contributed by atoms with E-state index in [4.69, 9.17) is 27.9 Å². The minimum Gasteiger partial charge on any atom is -0.378 e. The van der Waals surface area contributed by atoms with Gasteiger partial charge in [-0.1, -0.05) is 29.3 Å². The zero-order chi connectivity index (χ0) is 13.7. The van der Waals surface area contributed by atoms with E-state index in [9.17, 15) is 4.79 Å². The number of rotatable bonds is 4. The first-order chi connectivity index (χ1) is 9.18. The van der Waals surface area contributed by atoms with Crippen molar-refractivity contribution in [2.45, 2.75) is 12.5 Å². The van der Waals surface area contributed by atoms with Crippen LogP contribution in [-0.2, 0) is 16.0 Å². The number of nitrogens with one attached hydrogen (secondary N) is 2. The van der Waals surface area contributed by atoms with Gasteiger partial charge < -0.3 is 15.4 Å². The van der Waals surface area contributed by atoms with Crippen molar-refractivity contribution in [2.24, 2.45) is 0 Å². The minimum absolute atomic E-state index is 0. The van der Waals surface area contributed by atoms with Crippen LogP contribution in [0.1, 0.15) is 5.56 Å². The molecule has 2 rings (SSSR count). The van der Waals surface area contributed by atoms with Gasteiger partial charge in [0.1, 0.15) is 6.04 Å². The Morgan fingerprint density at radius 1 is 1.40 bits per heavy atom. The Labute approximate surface area is 134 Å². The lowest BCUT2D eigenvalue weighted by molar-refractivity contribution is -0.125. The molecule has 112 valence electrons. The molecule has 0 aromatic heterocycles. The fourth-order valence-electron chi connectivity index (χ4n) is 1.94. The van der Waals surface area contributed by atoms with Crippen molar-refractivity contribution in [1.29, 1.82) is 0 Å². The summed E-state index contributed by atoms with van der Waals surface area (Å²) < 4.78 is 5.24. The van der Waals surface area contributed by atoms with E-state index in [1.807, 2.05) is 0 Å². The van der Waals surface area contributed by atoms with E-state index >= 15 is 0 Å². The number of carbonyl (C=O) groups is 1. The van der Waals surface area contributed by atoms with Gasteiger partial charge in [0.15, 0.2) is 0 Å². The van der Waals surface area contributed by atoms with E-state index in [1.165, 1.54) is 0 Å². The average molecular weight is 340 g/mol. The van der Waals surface area contributed by atoms with Crippen LogP contribution in [-0.4, -0.2) is 38.3 Å². The normalized spacial score (nSPS) is 18.2. The molecule has 1 heterocycles. The zero-order valence-electron chi connectivity index (χ0n) is 10.8. The Balaban J connectivity index is 0.00000200. The molecule has 2 N–H and O–H groups in total. The van der Waals surface area contributed by atoms with E-state index in [0.29, 0.717) is 42.8 Å². The molecule has 0 bridgehead atoms. The standard InChI is InChI=1S/C13H16Cl2N2O2.ClH/c14-10-2-1-3-11(15)9(10)4-5-17-13(18)12-8-19-7-6-16-12;/h1-3,12,16H,4-8H2,(H,17,18);1H. The average Bonchev–Trinajstić information content (AvgIpc) is 2.43. The zero-order valence-corrected chi connectivity index (χ0v) is 13.2. The molecule has 20 heavy (non-hydrogen) atoms. The van der Waals surface area contributed by atoms with Crippen LogP contribution in [0, 0.1) is 0 Å². The molecule has 7 heteroatoms. The van der Waals surface area contributed by atoms with Gasteiger partial charge in [-0.05, 0) is 24.1 Å². The lowest BCUT2D eigenvalue weighted by atomic mass is 10.1. The largest absolute Gasteiger partial charge is 0.378 e. The summed E-state index contributed by atoms with van der Waals surface area (Å²) in [6.07, 6.45) is 0.609. The highest BCUT2D eigenvalue weighted by Gasteiger charge is 2.20. The Kier molecular flexibility index (Phi) is 7.62. The first kappa shape index (κ1) is 17.5. The maximum atomic E-state index is 11.8. The van der Waals surface area contributed by atoms with Crippen molar-refractivity contribution >= 4 is 41.5 Å². The maximum Gasteiger partial charge on any atom is 0.239 e. The van der Waals surface area contributed by atoms with Crippen molar-refractivity contribution in [1.82, 2.24) is 10.6 Å². The predicted molar refractivity (Wildman–Crippen MR) is 83.0 cm³/mol. The third kappa shape index (κ3) is 4.79. The van der Waals surface area contributed by atoms with Gasteiger partial charge in [-0.25, -0.2) is 0 Å². The van der Waals surface area contributed by atoms with Gasteiger partial charge in [0.25, 0.3) is 0 Å². The highest BCUT2D eigenvalue weighted by atomic mass is 35.5. The van der Waals surface area contributed by atoms with Crippen LogP contribution in [0.2, 0.25) is 10.0 Å². The molecule has 1 aromatic rings. The molecule has 1 unspecified atom stereocenters. The maximum absolute atomic E-state index is 11.8. The van der Waals surface area contributed by atoms with Gasteiger partial charge in [-0.15, -0.1) is 12.4 Å². The summed E-state index contributed by atoms with van der Waals surface area (Å²) in [4.78, 5) is 11.8. The fourth-order valence-corrected chi connectivity index (χ4v) is 2.53. The van der Waals surface area contributed by atoms with E-state index in [1.54, 1.807) is 18.2 Å². The second-order valence-electron chi connectivity index (χ2n) is 4.32. The van der Waals surface area contributed by atoms with Crippen LogP contribution in [0.5, 0.6) is 0 Å². The van der Waals surface area contributed by atoms with Gasteiger partial charge in [0.2, 0.25) is 5.91 Å². The molecule has 1 aromatic carbocycles. The van der Waals surface area contributed by atoms with E-state index in [0.717, 1.165) is 5.56 Å². The van der Waals surface area contributed by atoms with Gasteiger partial charge >= 0.3 is 0 Å². The van der Waals surface area contributed by atoms with Gasteiger partial charge in [0.05, 0.1) is 13.2 Å². The molecule has 1 saturated heterocycles. The lowest BCUT2D eigenvalue weighted by Gasteiger charge is -2.22. The monoisotopic (exact) mass is 338 g/mol. The highest BCUT2D eigenvalue weighted by molar-refractivity contribution is 6.35. The van der Waals surface area contributed by atoms with Gasteiger partial charge in [-0.3, -0.25) is 4.79 Å². The van der Waals surface area contributed by atoms with Crippen LogP contribution < -0.4 is 10.6 Å². The molecule has 0 radical (unpaired) electrons. The molecular weight excluding hydrogens is 323 g/mol. The van der Waals surface area contributed by atoms with Crippen molar-refractivity contribution in [2.75, 3.05) is 26.3 Å². The molecule has 0 aliphatic carbocycles. The van der Waals surface area contributed by atoms with Crippen LogP contribution in [0.15, 0.2) is 18.2 Å². The predicted octanol–water partition coefficient (Wildman–Crippen LogP) is 2.06. The molecule has 0 saturated carbocycles. The first-order valence-corrected chi connectivity index (χ1v) is 6.96. The Hall–Kier alpha value is -0.520. The SMILES string of the molecule is Cl.O=C(NCCc1c(Cl)cccc1Cl)C1COCCN1. The molecule has 4 nitrogen and oxygen atoms in total. The lowest BCUT2D eigenvalue weighted by Crippen LogP contribution is -2.51.